The number of likely N-dealkylation sites (N-methyl/N-ethyl adjacent to an activating group) is 1. The molecule has 0 saturated carbocycles. The van der Waals surface area contributed by atoms with Gasteiger partial charge >= 0.3 is 0 Å². The number of carbonyl (C=O) groups excluding carboxylic acids is 1. The van der Waals surface area contributed by atoms with Crippen molar-refractivity contribution in [3.63, 3.8) is 0 Å². The molecule has 0 spiro atoms. The van der Waals surface area contributed by atoms with E-state index in [2.05, 4.69) is 22.5 Å². The third-order valence-electron chi connectivity index (χ3n) is 7.62. The fourth-order valence-electron chi connectivity index (χ4n) is 5.54. The molecule has 0 N–H and O–H groups in total. The van der Waals surface area contributed by atoms with E-state index in [4.69, 9.17) is 19.2 Å². The molecule has 44 heavy (non-hydrogen) atoms. The number of fused-ring (bicyclic) bond motifs is 2. The number of ether oxygens (including phenoxy) is 3. The number of rotatable bonds is 10. The number of thiazole rings is 1. The van der Waals surface area contributed by atoms with Crippen molar-refractivity contribution >= 4 is 50.0 Å². The van der Waals surface area contributed by atoms with Gasteiger partial charge in [-0.1, -0.05) is 54.3 Å². The zero-order chi connectivity index (χ0) is 31.5. The number of halogens is 1. The number of nitrogens with zero attached hydrogens (tertiary/aromatic N) is 3. The van der Waals surface area contributed by atoms with Crippen molar-refractivity contribution in [2.24, 2.45) is 4.99 Å². The van der Waals surface area contributed by atoms with Crippen LogP contribution in [0.15, 0.2) is 86.7 Å². The Morgan fingerprint density at radius 3 is 2.52 bits per heavy atom. The SMILES string of the molecule is C=CCOc1c(Br)cc(/C=c2/sc3n(c2=O)[C@@H](c2c(OC)ccc4ccccc24)C(C(=O)N(CC)CC)=C(C)N=3)cc1OC. The molecule has 228 valence electrons. The van der Waals surface area contributed by atoms with Gasteiger partial charge in [-0.05, 0) is 77.3 Å². The van der Waals surface area contributed by atoms with Crippen molar-refractivity contribution in [3.05, 3.63) is 108 Å². The van der Waals surface area contributed by atoms with Crippen molar-refractivity contribution in [2.75, 3.05) is 33.9 Å². The third-order valence-corrected chi connectivity index (χ3v) is 9.19. The highest BCUT2D eigenvalue weighted by molar-refractivity contribution is 9.10. The summed E-state index contributed by atoms with van der Waals surface area (Å²) in [6, 6.07) is 14.7. The molecule has 1 aliphatic heterocycles. The summed E-state index contributed by atoms with van der Waals surface area (Å²) < 4.78 is 20.0. The summed E-state index contributed by atoms with van der Waals surface area (Å²) in [7, 11) is 3.17. The van der Waals surface area contributed by atoms with Gasteiger partial charge in [-0.15, -0.1) is 0 Å². The highest BCUT2D eigenvalue weighted by Crippen LogP contribution is 2.41. The monoisotopic (exact) mass is 675 g/mol. The molecule has 10 heteroatoms. The predicted octanol–water partition coefficient (Wildman–Crippen LogP) is 5.60. The van der Waals surface area contributed by atoms with Gasteiger partial charge in [-0.25, -0.2) is 4.99 Å². The second-order valence-corrected chi connectivity index (χ2v) is 12.0. The number of benzene rings is 3. The average Bonchev–Trinajstić information content (AvgIpc) is 3.33. The quantitative estimate of drug-likeness (QED) is 0.205. The minimum absolute atomic E-state index is 0.158. The maximum Gasteiger partial charge on any atom is 0.271 e. The summed E-state index contributed by atoms with van der Waals surface area (Å²) in [5.41, 5.74) is 2.25. The first-order valence-electron chi connectivity index (χ1n) is 14.3. The summed E-state index contributed by atoms with van der Waals surface area (Å²) in [5, 5.41) is 1.88. The molecule has 1 amide bonds. The Bertz CT molecular complexity index is 1970. The largest absolute Gasteiger partial charge is 0.496 e. The van der Waals surface area contributed by atoms with Crippen LogP contribution in [-0.4, -0.2) is 49.3 Å². The Labute approximate surface area is 268 Å². The summed E-state index contributed by atoms with van der Waals surface area (Å²) in [5.74, 6) is 1.49. The van der Waals surface area contributed by atoms with Crippen LogP contribution in [0, 0.1) is 0 Å². The first-order valence-corrected chi connectivity index (χ1v) is 15.9. The van der Waals surface area contributed by atoms with E-state index in [9.17, 15) is 9.59 Å². The zero-order valence-corrected chi connectivity index (χ0v) is 27.8. The highest BCUT2D eigenvalue weighted by Gasteiger charge is 2.36. The van der Waals surface area contributed by atoms with Gasteiger partial charge in [0.05, 0.1) is 34.5 Å². The Balaban J connectivity index is 1.79. The molecule has 1 aromatic heterocycles. The molecule has 0 radical (unpaired) electrons. The highest BCUT2D eigenvalue weighted by atomic mass is 79.9. The van der Waals surface area contributed by atoms with Crippen LogP contribution >= 0.6 is 27.3 Å². The van der Waals surface area contributed by atoms with Crippen molar-refractivity contribution in [3.8, 4) is 17.2 Å². The van der Waals surface area contributed by atoms with Crippen molar-refractivity contribution in [1.82, 2.24) is 9.47 Å². The van der Waals surface area contributed by atoms with E-state index in [-0.39, 0.29) is 11.5 Å². The molecule has 0 unspecified atom stereocenters. The summed E-state index contributed by atoms with van der Waals surface area (Å²) in [6.45, 7) is 10.8. The van der Waals surface area contributed by atoms with Crippen LogP contribution in [0.2, 0.25) is 0 Å². The number of hydrogen-bond donors (Lipinski definition) is 0. The lowest BCUT2D eigenvalue weighted by Gasteiger charge is -2.30. The zero-order valence-electron chi connectivity index (χ0n) is 25.3. The number of aromatic nitrogens is 1. The van der Waals surface area contributed by atoms with Crippen LogP contribution < -0.4 is 29.1 Å². The summed E-state index contributed by atoms with van der Waals surface area (Å²) in [4.78, 5) is 35.6. The molecular formula is C34H34BrN3O5S. The summed E-state index contributed by atoms with van der Waals surface area (Å²) >= 11 is 4.85. The van der Waals surface area contributed by atoms with Gasteiger partial charge in [0, 0.05) is 18.7 Å². The number of methoxy groups -OCH3 is 2. The van der Waals surface area contributed by atoms with E-state index < -0.39 is 6.04 Å². The second kappa shape index (κ2) is 13.2. The van der Waals surface area contributed by atoms with Crippen molar-refractivity contribution in [1.29, 1.82) is 0 Å². The van der Waals surface area contributed by atoms with Gasteiger partial charge in [0.1, 0.15) is 18.4 Å². The van der Waals surface area contributed by atoms with Crippen molar-refractivity contribution < 1.29 is 19.0 Å². The van der Waals surface area contributed by atoms with Gasteiger partial charge in [0.25, 0.3) is 11.5 Å². The van der Waals surface area contributed by atoms with Gasteiger partial charge in [-0.3, -0.25) is 14.2 Å². The minimum Gasteiger partial charge on any atom is -0.496 e. The van der Waals surface area contributed by atoms with Crippen LogP contribution in [0.4, 0.5) is 0 Å². The van der Waals surface area contributed by atoms with E-state index in [1.807, 2.05) is 69.3 Å². The van der Waals surface area contributed by atoms with E-state index in [0.717, 1.165) is 21.9 Å². The lowest BCUT2D eigenvalue weighted by Crippen LogP contribution is -2.43. The Kier molecular flexibility index (Phi) is 9.41. The number of hydrogen-bond acceptors (Lipinski definition) is 7. The maximum atomic E-state index is 14.4. The molecule has 3 aromatic carbocycles. The molecule has 4 aromatic rings. The maximum absolute atomic E-state index is 14.4. The predicted molar refractivity (Wildman–Crippen MR) is 179 cm³/mol. The smallest absolute Gasteiger partial charge is 0.271 e. The standard InChI is InChI=1S/C34H34BrN3O5S/c1-7-16-43-31-24(35)17-21(18-26(31)42-6)19-27-32(39)38-30(29-23-13-11-10-12-22(23)14-15-25(29)41-5)28(20(4)36-34(38)44-27)33(40)37(8-2)9-3/h7,10-15,17-19,30H,1,8-9,16H2,2-6H3/b27-19+/t30-/m1/s1. The second-order valence-electron chi connectivity index (χ2n) is 10.1. The first-order chi connectivity index (χ1) is 21.3. The van der Waals surface area contributed by atoms with Gasteiger partial charge in [0.15, 0.2) is 16.3 Å². The van der Waals surface area contributed by atoms with E-state index in [1.54, 1.807) is 35.8 Å². The van der Waals surface area contributed by atoms with Crippen LogP contribution in [0.3, 0.4) is 0 Å². The third kappa shape index (κ3) is 5.59. The molecule has 0 aliphatic carbocycles. The number of allylic oxidation sites excluding steroid dienone is 1. The first kappa shape index (κ1) is 31.3. The Hall–Kier alpha value is -4.15. The molecule has 2 heterocycles. The lowest BCUT2D eigenvalue weighted by atomic mass is 9.90. The minimum atomic E-state index is -0.751. The molecule has 1 atom stereocenters. The van der Waals surface area contributed by atoms with Gasteiger partial charge < -0.3 is 19.1 Å². The number of carbonyl (C=O) groups is 1. The Morgan fingerprint density at radius 2 is 1.84 bits per heavy atom. The average molecular weight is 677 g/mol. The molecule has 5 rings (SSSR count). The van der Waals surface area contributed by atoms with Crippen LogP contribution in [0.25, 0.3) is 16.8 Å². The molecule has 0 bridgehead atoms. The van der Waals surface area contributed by atoms with E-state index in [0.29, 0.717) is 62.0 Å². The lowest BCUT2D eigenvalue weighted by molar-refractivity contribution is -0.127. The normalized spacial score (nSPS) is 14.7. The summed E-state index contributed by atoms with van der Waals surface area (Å²) in [6.07, 6.45) is 3.46. The van der Waals surface area contributed by atoms with E-state index in [1.165, 1.54) is 11.3 Å². The molecule has 1 aliphatic rings. The fraction of sp³-hybridized carbons (Fsp3) is 0.265. The van der Waals surface area contributed by atoms with Crippen LogP contribution in [0.5, 0.6) is 17.2 Å². The van der Waals surface area contributed by atoms with Crippen LogP contribution in [0.1, 0.15) is 37.9 Å². The Morgan fingerprint density at radius 1 is 1.11 bits per heavy atom. The molecule has 0 fully saturated rings. The van der Waals surface area contributed by atoms with Crippen LogP contribution in [-0.2, 0) is 4.79 Å². The molecular weight excluding hydrogens is 642 g/mol. The topological polar surface area (TPSA) is 82.4 Å². The van der Waals surface area contributed by atoms with Crippen molar-refractivity contribution in [2.45, 2.75) is 26.8 Å². The number of amides is 1. The molecule has 0 saturated heterocycles. The van der Waals surface area contributed by atoms with Gasteiger partial charge in [0.2, 0.25) is 0 Å². The van der Waals surface area contributed by atoms with E-state index >= 15 is 0 Å². The van der Waals surface area contributed by atoms with Gasteiger partial charge in [-0.2, -0.15) is 0 Å². The molecule has 8 nitrogen and oxygen atoms in total. The fourth-order valence-corrected chi connectivity index (χ4v) is 7.16.